The monoisotopic (exact) mass is 290 g/mol. The molecule has 0 aliphatic carbocycles. The van der Waals surface area contributed by atoms with Gasteiger partial charge in [-0.15, -0.1) is 11.3 Å². The molecule has 1 aliphatic rings. The topological polar surface area (TPSA) is 51.1 Å². The van der Waals surface area contributed by atoms with E-state index in [-0.39, 0.29) is 6.10 Å². The Morgan fingerprint density at radius 3 is 3.05 bits per heavy atom. The lowest BCUT2D eigenvalue weighted by Gasteiger charge is -2.32. The second-order valence-corrected chi connectivity index (χ2v) is 5.92. The Morgan fingerprint density at radius 2 is 2.30 bits per heavy atom. The number of morpholine rings is 1. The summed E-state index contributed by atoms with van der Waals surface area (Å²) in [7, 11) is 0. The molecule has 0 radical (unpaired) electrons. The molecule has 0 amide bonds. The van der Waals surface area contributed by atoms with Crippen molar-refractivity contribution in [3.8, 4) is 0 Å². The van der Waals surface area contributed by atoms with Crippen LogP contribution in [0.1, 0.15) is 28.2 Å². The molecular weight excluding hydrogens is 272 g/mol. The first kappa shape index (κ1) is 13.6. The van der Waals surface area contributed by atoms with E-state index in [0.29, 0.717) is 0 Å². The summed E-state index contributed by atoms with van der Waals surface area (Å²) in [6.45, 7) is 7.49. The minimum Gasteiger partial charge on any atom is -0.369 e. The van der Waals surface area contributed by atoms with Gasteiger partial charge in [0, 0.05) is 30.7 Å². The van der Waals surface area contributed by atoms with Crippen molar-refractivity contribution < 1.29 is 4.74 Å². The van der Waals surface area contributed by atoms with E-state index >= 15 is 0 Å². The lowest BCUT2D eigenvalue weighted by Crippen LogP contribution is -2.38. The van der Waals surface area contributed by atoms with E-state index in [4.69, 9.17) is 4.74 Å². The van der Waals surface area contributed by atoms with Crippen molar-refractivity contribution in [2.45, 2.75) is 26.5 Å². The molecule has 0 spiro atoms. The third-order valence-corrected chi connectivity index (χ3v) is 4.41. The van der Waals surface area contributed by atoms with E-state index in [9.17, 15) is 0 Å². The second kappa shape index (κ2) is 5.95. The maximum atomic E-state index is 5.85. The number of aromatic nitrogens is 3. The minimum atomic E-state index is 0.0404. The SMILES string of the molecule is Cc1nccc([C@@H]2CN(Cc3scnc3C)CCO2)n1. The predicted octanol–water partition coefficient (Wildman–Crippen LogP) is 2.12. The van der Waals surface area contributed by atoms with Crippen LogP contribution in [0, 0.1) is 13.8 Å². The summed E-state index contributed by atoms with van der Waals surface area (Å²) < 4.78 is 5.85. The van der Waals surface area contributed by atoms with Crippen LogP contribution in [0.25, 0.3) is 0 Å². The number of hydrogen-bond acceptors (Lipinski definition) is 6. The van der Waals surface area contributed by atoms with Crippen LogP contribution in [0.3, 0.4) is 0 Å². The highest BCUT2D eigenvalue weighted by Gasteiger charge is 2.23. The first-order valence-electron chi connectivity index (χ1n) is 6.75. The average Bonchev–Trinajstić information content (AvgIpc) is 2.85. The van der Waals surface area contributed by atoms with Gasteiger partial charge in [-0.05, 0) is 19.9 Å². The van der Waals surface area contributed by atoms with E-state index < -0.39 is 0 Å². The number of rotatable bonds is 3. The van der Waals surface area contributed by atoms with Crippen molar-refractivity contribution in [1.29, 1.82) is 0 Å². The first-order chi connectivity index (χ1) is 9.72. The normalized spacial score (nSPS) is 20.2. The van der Waals surface area contributed by atoms with Crippen molar-refractivity contribution in [2.75, 3.05) is 19.7 Å². The molecule has 1 saturated heterocycles. The maximum absolute atomic E-state index is 5.85. The summed E-state index contributed by atoms with van der Waals surface area (Å²) in [5.41, 5.74) is 4.02. The smallest absolute Gasteiger partial charge is 0.125 e. The summed E-state index contributed by atoms with van der Waals surface area (Å²) in [4.78, 5) is 16.7. The predicted molar refractivity (Wildman–Crippen MR) is 77.6 cm³/mol. The summed E-state index contributed by atoms with van der Waals surface area (Å²) in [6, 6.07) is 1.94. The number of aryl methyl sites for hydroxylation is 2. The molecule has 6 heteroatoms. The number of ether oxygens (including phenoxy) is 1. The van der Waals surface area contributed by atoms with Crippen molar-refractivity contribution in [2.24, 2.45) is 0 Å². The minimum absolute atomic E-state index is 0.0404. The molecule has 0 unspecified atom stereocenters. The van der Waals surface area contributed by atoms with Gasteiger partial charge >= 0.3 is 0 Å². The Hall–Kier alpha value is -1.37. The molecule has 1 fully saturated rings. The van der Waals surface area contributed by atoms with E-state index in [0.717, 1.165) is 43.5 Å². The van der Waals surface area contributed by atoms with Gasteiger partial charge in [-0.1, -0.05) is 0 Å². The van der Waals surface area contributed by atoms with Gasteiger partial charge in [-0.25, -0.2) is 15.0 Å². The Balaban J connectivity index is 1.69. The van der Waals surface area contributed by atoms with Crippen LogP contribution < -0.4 is 0 Å². The lowest BCUT2D eigenvalue weighted by molar-refractivity contribution is -0.0348. The first-order valence-corrected chi connectivity index (χ1v) is 7.63. The molecule has 106 valence electrons. The van der Waals surface area contributed by atoms with Crippen molar-refractivity contribution in [3.05, 3.63) is 39.9 Å². The molecule has 0 aromatic carbocycles. The Kier molecular flexibility index (Phi) is 4.05. The van der Waals surface area contributed by atoms with Crippen LogP contribution in [-0.4, -0.2) is 39.5 Å². The molecule has 20 heavy (non-hydrogen) atoms. The molecule has 2 aromatic rings. The van der Waals surface area contributed by atoms with Crippen molar-refractivity contribution in [3.63, 3.8) is 0 Å². The largest absolute Gasteiger partial charge is 0.369 e. The van der Waals surface area contributed by atoms with Gasteiger partial charge in [0.1, 0.15) is 11.9 Å². The highest BCUT2D eigenvalue weighted by molar-refractivity contribution is 7.09. The van der Waals surface area contributed by atoms with Crippen LogP contribution in [0.4, 0.5) is 0 Å². The van der Waals surface area contributed by atoms with Crippen LogP contribution >= 0.6 is 11.3 Å². The van der Waals surface area contributed by atoms with Crippen LogP contribution in [0.5, 0.6) is 0 Å². The summed E-state index contributed by atoms with van der Waals surface area (Å²) in [5.74, 6) is 0.793. The second-order valence-electron chi connectivity index (χ2n) is 4.98. The molecular formula is C14H18N4OS. The lowest BCUT2D eigenvalue weighted by atomic mass is 10.2. The van der Waals surface area contributed by atoms with Gasteiger partial charge in [-0.3, -0.25) is 4.90 Å². The molecule has 2 aromatic heterocycles. The zero-order valence-electron chi connectivity index (χ0n) is 11.7. The molecule has 0 N–H and O–H groups in total. The van der Waals surface area contributed by atoms with E-state index in [1.807, 2.05) is 18.5 Å². The zero-order valence-corrected chi connectivity index (χ0v) is 12.6. The molecule has 1 atom stereocenters. The van der Waals surface area contributed by atoms with Crippen LogP contribution in [-0.2, 0) is 11.3 Å². The Labute approximate surface area is 122 Å². The van der Waals surface area contributed by atoms with E-state index in [2.05, 4.69) is 26.8 Å². The van der Waals surface area contributed by atoms with Crippen molar-refractivity contribution >= 4 is 11.3 Å². The van der Waals surface area contributed by atoms with Crippen LogP contribution in [0.15, 0.2) is 17.8 Å². The maximum Gasteiger partial charge on any atom is 0.125 e. The third kappa shape index (κ3) is 3.03. The van der Waals surface area contributed by atoms with Crippen LogP contribution in [0.2, 0.25) is 0 Å². The van der Waals surface area contributed by atoms with E-state index in [1.165, 1.54) is 4.88 Å². The van der Waals surface area contributed by atoms with Gasteiger partial charge in [0.05, 0.1) is 23.5 Å². The fourth-order valence-corrected chi connectivity index (χ4v) is 3.18. The van der Waals surface area contributed by atoms with Gasteiger partial charge in [0.2, 0.25) is 0 Å². The molecule has 3 rings (SSSR count). The zero-order chi connectivity index (χ0) is 13.9. The van der Waals surface area contributed by atoms with Gasteiger partial charge in [0.15, 0.2) is 0 Å². The quantitative estimate of drug-likeness (QED) is 0.866. The average molecular weight is 290 g/mol. The molecule has 3 heterocycles. The Bertz CT molecular complexity index is 586. The highest BCUT2D eigenvalue weighted by atomic mass is 32.1. The number of thiazole rings is 1. The molecule has 1 aliphatic heterocycles. The summed E-state index contributed by atoms with van der Waals surface area (Å²) in [6.07, 6.45) is 1.84. The van der Waals surface area contributed by atoms with Gasteiger partial charge in [0.25, 0.3) is 0 Å². The molecule has 0 bridgehead atoms. The van der Waals surface area contributed by atoms with E-state index in [1.54, 1.807) is 17.5 Å². The fourth-order valence-electron chi connectivity index (χ4n) is 2.36. The highest BCUT2D eigenvalue weighted by Crippen LogP contribution is 2.23. The standard InChI is InChI=1S/C14H18N4OS/c1-10-14(20-9-16-10)8-18-5-6-19-13(7-18)12-3-4-15-11(2)17-12/h3-4,9,13H,5-8H2,1-2H3/t13-/m0/s1. The molecule has 0 saturated carbocycles. The van der Waals surface area contributed by atoms with Gasteiger partial charge in [-0.2, -0.15) is 0 Å². The van der Waals surface area contributed by atoms with Gasteiger partial charge < -0.3 is 4.74 Å². The fraction of sp³-hybridized carbons (Fsp3) is 0.500. The van der Waals surface area contributed by atoms with Crippen molar-refractivity contribution in [1.82, 2.24) is 19.9 Å². The number of nitrogens with zero attached hydrogens (tertiary/aromatic N) is 4. The summed E-state index contributed by atoms with van der Waals surface area (Å²) in [5, 5.41) is 0. The summed E-state index contributed by atoms with van der Waals surface area (Å²) >= 11 is 1.72. The molecule has 5 nitrogen and oxygen atoms in total. The Morgan fingerprint density at radius 1 is 1.40 bits per heavy atom. The number of hydrogen-bond donors (Lipinski definition) is 0. The third-order valence-electron chi connectivity index (χ3n) is 3.49.